The zero-order valence-corrected chi connectivity index (χ0v) is 22.6. The molecule has 11 heteroatoms. The van der Waals surface area contributed by atoms with Crippen molar-refractivity contribution in [3.8, 4) is 11.4 Å². The molecule has 0 radical (unpaired) electrons. The van der Waals surface area contributed by atoms with Gasteiger partial charge >= 0.3 is 6.18 Å². The number of halogens is 3. The van der Waals surface area contributed by atoms with Gasteiger partial charge in [-0.15, -0.1) is 0 Å². The number of amides is 1. The number of aromatic nitrogens is 4. The number of hydrogen-bond acceptors (Lipinski definition) is 7. The van der Waals surface area contributed by atoms with Gasteiger partial charge in [0.25, 0.3) is 0 Å². The number of alkyl halides is 3. The third-order valence-corrected chi connectivity index (χ3v) is 8.19. The predicted molar refractivity (Wildman–Crippen MR) is 149 cm³/mol. The third kappa shape index (κ3) is 6.24. The first-order valence-electron chi connectivity index (χ1n) is 14.1. The van der Waals surface area contributed by atoms with Crippen LogP contribution in [0.5, 0.6) is 0 Å². The molecule has 3 aromatic rings. The SMILES string of the molecule is O=C(C1CCN(c2cccc(C(F)(F)F)n2)C1)N1CC[C@H](NC2CC=C(c3ccc(-c4ncccn4)cn3)CC2)C1. The molecule has 0 bridgehead atoms. The molecule has 1 amide bonds. The lowest BCUT2D eigenvalue weighted by atomic mass is 9.92. The number of likely N-dealkylation sites (tertiary alicyclic amines) is 1. The fourth-order valence-electron chi connectivity index (χ4n) is 6.00. The van der Waals surface area contributed by atoms with Gasteiger partial charge in [0.05, 0.1) is 11.6 Å². The van der Waals surface area contributed by atoms with E-state index in [-0.39, 0.29) is 23.7 Å². The molecule has 1 aliphatic carbocycles. The maximum atomic E-state index is 13.2. The summed E-state index contributed by atoms with van der Waals surface area (Å²) in [6.45, 7) is 2.28. The average molecular weight is 564 g/mol. The summed E-state index contributed by atoms with van der Waals surface area (Å²) in [5, 5.41) is 3.75. The maximum Gasteiger partial charge on any atom is 0.433 e. The first-order valence-corrected chi connectivity index (χ1v) is 14.1. The molecule has 41 heavy (non-hydrogen) atoms. The zero-order valence-electron chi connectivity index (χ0n) is 22.6. The molecule has 3 atom stereocenters. The Balaban J connectivity index is 0.982. The van der Waals surface area contributed by atoms with E-state index in [1.165, 1.54) is 11.6 Å². The average Bonchev–Trinajstić information content (AvgIpc) is 3.68. The Bertz CT molecular complexity index is 1400. The fraction of sp³-hybridized carbons (Fsp3) is 0.433. The molecule has 2 aliphatic heterocycles. The lowest BCUT2D eigenvalue weighted by Crippen LogP contribution is -2.42. The van der Waals surface area contributed by atoms with Crippen molar-refractivity contribution in [1.29, 1.82) is 0 Å². The highest BCUT2D eigenvalue weighted by Gasteiger charge is 2.37. The van der Waals surface area contributed by atoms with E-state index in [1.54, 1.807) is 29.4 Å². The van der Waals surface area contributed by atoms with Crippen LogP contribution in [0.3, 0.4) is 0 Å². The summed E-state index contributed by atoms with van der Waals surface area (Å²) in [7, 11) is 0. The topological polar surface area (TPSA) is 87.1 Å². The normalized spacial score (nSPS) is 23.1. The van der Waals surface area contributed by atoms with E-state index in [9.17, 15) is 18.0 Å². The second-order valence-electron chi connectivity index (χ2n) is 11.0. The van der Waals surface area contributed by atoms with E-state index >= 15 is 0 Å². The monoisotopic (exact) mass is 563 g/mol. The van der Waals surface area contributed by atoms with Gasteiger partial charge < -0.3 is 15.1 Å². The van der Waals surface area contributed by atoms with Crippen LogP contribution in [-0.4, -0.2) is 69.0 Å². The highest BCUT2D eigenvalue weighted by Crippen LogP contribution is 2.31. The van der Waals surface area contributed by atoms with Crippen molar-refractivity contribution in [2.45, 2.75) is 50.4 Å². The summed E-state index contributed by atoms with van der Waals surface area (Å²) in [4.78, 5) is 33.9. The first-order chi connectivity index (χ1) is 19.8. The lowest BCUT2D eigenvalue weighted by molar-refractivity contribution is -0.141. The van der Waals surface area contributed by atoms with Gasteiger partial charge in [-0.1, -0.05) is 12.1 Å². The summed E-state index contributed by atoms with van der Waals surface area (Å²) < 4.78 is 39.2. The van der Waals surface area contributed by atoms with Gasteiger partial charge in [0, 0.05) is 62.4 Å². The molecule has 2 unspecified atom stereocenters. The summed E-state index contributed by atoms with van der Waals surface area (Å²) in [6.07, 6.45) is 7.39. The second kappa shape index (κ2) is 11.6. The van der Waals surface area contributed by atoms with Crippen LogP contribution in [0.1, 0.15) is 43.5 Å². The van der Waals surface area contributed by atoms with Crippen LogP contribution in [0.2, 0.25) is 0 Å². The fourth-order valence-corrected chi connectivity index (χ4v) is 6.00. The molecular formula is C30H32F3N7O. The van der Waals surface area contributed by atoms with E-state index in [0.717, 1.165) is 43.0 Å². The Hall–Kier alpha value is -3.86. The van der Waals surface area contributed by atoms with Gasteiger partial charge in [-0.05, 0) is 68.0 Å². The molecule has 8 nitrogen and oxygen atoms in total. The number of carbonyl (C=O) groups is 1. The van der Waals surface area contributed by atoms with Gasteiger partial charge in [0.15, 0.2) is 5.82 Å². The Morgan fingerprint density at radius 2 is 1.78 bits per heavy atom. The van der Waals surface area contributed by atoms with Crippen molar-refractivity contribution >= 4 is 17.3 Å². The molecule has 214 valence electrons. The maximum absolute atomic E-state index is 13.2. The van der Waals surface area contributed by atoms with E-state index in [0.29, 0.717) is 44.5 Å². The largest absolute Gasteiger partial charge is 0.433 e. The number of hydrogen-bond donors (Lipinski definition) is 1. The van der Waals surface area contributed by atoms with Crippen molar-refractivity contribution < 1.29 is 18.0 Å². The Labute approximate surface area is 236 Å². The van der Waals surface area contributed by atoms with Gasteiger partial charge in [-0.2, -0.15) is 13.2 Å². The van der Waals surface area contributed by atoms with Crippen LogP contribution in [0, 0.1) is 5.92 Å². The minimum Gasteiger partial charge on any atom is -0.356 e. The number of nitrogens with zero attached hydrogens (tertiary/aromatic N) is 6. The Morgan fingerprint density at radius 3 is 2.51 bits per heavy atom. The first kappa shape index (κ1) is 27.3. The van der Waals surface area contributed by atoms with Gasteiger partial charge in [-0.25, -0.2) is 15.0 Å². The standard InChI is InChI=1S/C30H32F3N7O/c31-30(32,33)26-3-1-4-27(38-26)39-15-11-22(18-39)29(41)40-16-12-24(19-40)37-23-8-5-20(6-9-23)25-10-7-21(17-36-25)28-34-13-2-14-35-28/h1-5,7,10,13-14,17,22-24,37H,6,8-9,11-12,15-16,18-19H2/t22?,23?,24-/m0/s1. The summed E-state index contributed by atoms with van der Waals surface area (Å²) in [6, 6.07) is 10.3. The quantitative estimate of drug-likeness (QED) is 0.469. The Morgan fingerprint density at radius 1 is 0.927 bits per heavy atom. The summed E-state index contributed by atoms with van der Waals surface area (Å²) in [5.41, 5.74) is 2.21. The van der Waals surface area contributed by atoms with Crippen LogP contribution < -0.4 is 10.2 Å². The zero-order chi connectivity index (χ0) is 28.4. The Kier molecular flexibility index (Phi) is 7.70. The molecule has 2 saturated heterocycles. The van der Waals surface area contributed by atoms with Crippen LogP contribution in [0.15, 0.2) is 61.1 Å². The summed E-state index contributed by atoms with van der Waals surface area (Å²) >= 11 is 0. The molecule has 0 spiro atoms. The molecule has 6 rings (SSSR count). The molecular weight excluding hydrogens is 531 g/mol. The third-order valence-electron chi connectivity index (χ3n) is 8.19. The van der Waals surface area contributed by atoms with E-state index < -0.39 is 11.9 Å². The molecule has 0 saturated carbocycles. The van der Waals surface area contributed by atoms with Crippen LogP contribution in [0.4, 0.5) is 19.0 Å². The highest BCUT2D eigenvalue weighted by atomic mass is 19.4. The van der Waals surface area contributed by atoms with Crippen LogP contribution >= 0.6 is 0 Å². The number of anilines is 1. The smallest absolute Gasteiger partial charge is 0.356 e. The minimum absolute atomic E-state index is 0.0880. The van der Waals surface area contributed by atoms with Crippen molar-refractivity contribution in [2.75, 3.05) is 31.1 Å². The number of rotatable bonds is 6. The lowest BCUT2D eigenvalue weighted by Gasteiger charge is -2.27. The molecule has 3 aliphatic rings. The van der Waals surface area contributed by atoms with Crippen molar-refractivity contribution in [2.24, 2.45) is 5.92 Å². The van der Waals surface area contributed by atoms with Crippen molar-refractivity contribution in [3.63, 3.8) is 0 Å². The number of allylic oxidation sites excluding steroid dienone is 1. The van der Waals surface area contributed by atoms with E-state index in [1.807, 2.05) is 23.2 Å². The molecule has 0 aromatic carbocycles. The highest BCUT2D eigenvalue weighted by molar-refractivity contribution is 5.80. The van der Waals surface area contributed by atoms with Gasteiger partial charge in [0.1, 0.15) is 11.5 Å². The number of pyridine rings is 2. The van der Waals surface area contributed by atoms with E-state index in [4.69, 9.17) is 0 Å². The summed E-state index contributed by atoms with van der Waals surface area (Å²) in [5.74, 6) is 0.801. The number of nitrogens with one attached hydrogen (secondary N) is 1. The van der Waals surface area contributed by atoms with Gasteiger partial charge in [0.2, 0.25) is 5.91 Å². The number of carbonyl (C=O) groups excluding carboxylic acids is 1. The molecule has 5 heterocycles. The molecule has 1 N–H and O–H groups in total. The molecule has 3 aromatic heterocycles. The van der Waals surface area contributed by atoms with Crippen molar-refractivity contribution in [1.82, 2.24) is 30.2 Å². The van der Waals surface area contributed by atoms with Crippen LogP contribution in [0.25, 0.3) is 17.0 Å². The van der Waals surface area contributed by atoms with Gasteiger partial charge in [-0.3, -0.25) is 9.78 Å². The minimum atomic E-state index is -4.49. The van der Waals surface area contributed by atoms with Crippen molar-refractivity contribution in [3.05, 3.63) is 72.5 Å². The second-order valence-corrected chi connectivity index (χ2v) is 11.0. The van der Waals surface area contributed by atoms with E-state index in [2.05, 4.69) is 31.3 Å². The molecule has 2 fully saturated rings. The van der Waals surface area contributed by atoms with Crippen LogP contribution in [-0.2, 0) is 11.0 Å². The predicted octanol–water partition coefficient (Wildman–Crippen LogP) is 4.61.